The number of hydrogen-bond donors (Lipinski definition) is 0. The maximum atomic E-state index is 12.9. The lowest BCUT2D eigenvalue weighted by atomic mass is 10.0. The minimum absolute atomic E-state index is 0.0219. The highest BCUT2D eigenvalue weighted by molar-refractivity contribution is 5.96. The highest BCUT2D eigenvalue weighted by Crippen LogP contribution is 2.26. The summed E-state index contributed by atoms with van der Waals surface area (Å²) in [4.78, 5) is 19.1. The lowest BCUT2D eigenvalue weighted by Gasteiger charge is -2.33. The molecule has 1 aromatic carbocycles. The Morgan fingerprint density at radius 1 is 1.29 bits per heavy atom. The first kappa shape index (κ1) is 15.0. The predicted molar refractivity (Wildman–Crippen MR) is 92.1 cm³/mol. The largest absolute Gasteiger partial charge is 0.451 e. The summed E-state index contributed by atoms with van der Waals surface area (Å²) < 4.78 is 7.95. The number of hydrogen-bond acceptors (Lipinski definition) is 3. The highest BCUT2D eigenvalue weighted by Gasteiger charge is 2.27. The third-order valence-corrected chi connectivity index (χ3v) is 4.82. The van der Waals surface area contributed by atoms with Gasteiger partial charge in [0.2, 0.25) is 0 Å². The van der Waals surface area contributed by atoms with Crippen LogP contribution < -0.4 is 0 Å². The van der Waals surface area contributed by atoms with Crippen molar-refractivity contribution in [3.05, 3.63) is 53.8 Å². The van der Waals surface area contributed by atoms with Gasteiger partial charge in [0.15, 0.2) is 5.76 Å². The summed E-state index contributed by atoms with van der Waals surface area (Å²) in [7, 11) is 0. The van der Waals surface area contributed by atoms with E-state index < -0.39 is 0 Å². The maximum Gasteiger partial charge on any atom is 0.289 e. The van der Waals surface area contributed by atoms with E-state index in [0.717, 1.165) is 41.7 Å². The number of piperidine rings is 1. The van der Waals surface area contributed by atoms with E-state index in [-0.39, 0.29) is 11.9 Å². The molecule has 0 spiro atoms. The topological polar surface area (TPSA) is 51.3 Å². The van der Waals surface area contributed by atoms with Crippen molar-refractivity contribution in [2.45, 2.75) is 32.7 Å². The van der Waals surface area contributed by atoms with Crippen molar-refractivity contribution < 1.29 is 9.21 Å². The quantitative estimate of drug-likeness (QED) is 0.722. The Labute approximate surface area is 140 Å². The van der Waals surface area contributed by atoms with Crippen molar-refractivity contribution in [3.8, 4) is 0 Å². The van der Waals surface area contributed by atoms with Gasteiger partial charge in [-0.05, 0) is 44.9 Å². The second-order valence-electron chi connectivity index (χ2n) is 6.58. The normalized spacial score (nSPS) is 18.2. The fourth-order valence-electron chi connectivity index (χ4n) is 3.56. The number of imidazole rings is 1. The zero-order chi connectivity index (χ0) is 16.7. The van der Waals surface area contributed by atoms with Crippen LogP contribution >= 0.6 is 0 Å². The van der Waals surface area contributed by atoms with Gasteiger partial charge in [-0.3, -0.25) is 4.79 Å². The van der Waals surface area contributed by atoms with Crippen LogP contribution in [0.2, 0.25) is 0 Å². The molecule has 3 heterocycles. The predicted octanol–water partition coefficient (Wildman–Crippen LogP) is 3.72. The number of carbonyl (C=O) groups is 1. The van der Waals surface area contributed by atoms with Crippen LogP contribution in [0.15, 0.2) is 41.1 Å². The Morgan fingerprint density at radius 2 is 2.17 bits per heavy atom. The summed E-state index contributed by atoms with van der Waals surface area (Å²) in [6.45, 7) is 5.52. The van der Waals surface area contributed by atoms with Crippen LogP contribution in [0.3, 0.4) is 0 Å². The number of carbonyl (C=O) groups excluding carboxylic acids is 1. The van der Waals surface area contributed by atoms with Crippen molar-refractivity contribution >= 4 is 16.9 Å². The molecule has 1 fully saturated rings. The van der Waals surface area contributed by atoms with Gasteiger partial charge in [-0.2, -0.15) is 0 Å². The van der Waals surface area contributed by atoms with E-state index in [0.29, 0.717) is 12.3 Å². The van der Waals surface area contributed by atoms with Crippen LogP contribution in [0.1, 0.15) is 40.8 Å². The smallest absolute Gasteiger partial charge is 0.289 e. The van der Waals surface area contributed by atoms with Crippen molar-refractivity contribution in [2.24, 2.45) is 0 Å². The van der Waals surface area contributed by atoms with E-state index in [1.165, 1.54) is 0 Å². The van der Waals surface area contributed by atoms with Gasteiger partial charge in [-0.1, -0.05) is 11.6 Å². The number of furan rings is 1. The van der Waals surface area contributed by atoms with Crippen LogP contribution in [-0.4, -0.2) is 33.4 Å². The summed E-state index contributed by atoms with van der Waals surface area (Å²) in [5.74, 6) is 1.40. The summed E-state index contributed by atoms with van der Waals surface area (Å²) in [6, 6.07) is 8.12. The van der Waals surface area contributed by atoms with Crippen LogP contribution in [-0.2, 0) is 0 Å². The molecule has 1 aliphatic rings. The Kier molecular flexibility index (Phi) is 3.63. The molecule has 0 bridgehead atoms. The van der Waals surface area contributed by atoms with E-state index in [1.807, 2.05) is 55.4 Å². The molecule has 1 amide bonds. The number of aromatic nitrogens is 2. The van der Waals surface area contributed by atoms with E-state index in [4.69, 9.17) is 4.42 Å². The third kappa shape index (κ3) is 2.60. The Morgan fingerprint density at radius 3 is 2.96 bits per heavy atom. The number of amides is 1. The molecule has 1 unspecified atom stereocenters. The lowest BCUT2D eigenvalue weighted by Crippen LogP contribution is -2.40. The Balaban J connectivity index is 1.57. The van der Waals surface area contributed by atoms with Gasteiger partial charge in [0, 0.05) is 30.9 Å². The molecule has 5 heteroatoms. The van der Waals surface area contributed by atoms with Crippen molar-refractivity contribution in [2.75, 3.05) is 13.1 Å². The molecule has 1 saturated heterocycles. The average molecular weight is 323 g/mol. The van der Waals surface area contributed by atoms with Gasteiger partial charge in [-0.15, -0.1) is 0 Å². The zero-order valence-corrected chi connectivity index (χ0v) is 14.0. The van der Waals surface area contributed by atoms with Crippen molar-refractivity contribution in [1.29, 1.82) is 0 Å². The zero-order valence-electron chi connectivity index (χ0n) is 14.0. The van der Waals surface area contributed by atoms with E-state index in [9.17, 15) is 4.79 Å². The first-order chi connectivity index (χ1) is 11.6. The summed E-state index contributed by atoms with van der Waals surface area (Å²) in [6.07, 6.45) is 5.88. The van der Waals surface area contributed by atoms with E-state index in [1.54, 1.807) is 0 Å². The molecule has 0 radical (unpaired) electrons. The van der Waals surface area contributed by atoms with Crippen LogP contribution in [0.25, 0.3) is 11.0 Å². The third-order valence-electron chi connectivity index (χ3n) is 4.82. The summed E-state index contributed by atoms with van der Waals surface area (Å²) >= 11 is 0. The molecule has 24 heavy (non-hydrogen) atoms. The molecule has 1 atom stereocenters. The fourth-order valence-corrected chi connectivity index (χ4v) is 3.56. The Bertz CT molecular complexity index is 893. The van der Waals surface area contributed by atoms with Gasteiger partial charge >= 0.3 is 0 Å². The number of benzene rings is 1. The summed E-state index contributed by atoms with van der Waals surface area (Å²) in [5.41, 5.74) is 1.93. The molecule has 124 valence electrons. The molecule has 3 aromatic rings. The molecule has 0 saturated carbocycles. The first-order valence-electron chi connectivity index (χ1n) is 8.41. The highest BCUT2D eigenvalue weighted by atomic mass is 16.3. The molecular formula is C19H21N3O2. The molecule has 2 aromatic heterocycles. The molecule has 5 nitrogen and oxygen atoms in total. The summed E-state index contributed by atoms with van der Waals surface area (Å²) in [5, 5.41) is 0.984. The Hall–Kier alpha value is -2.56. The first-order valence-corrected chi connectivity index (χ1v) is 8.41. The van der Waals surface area contributed by atoms with Gasteiger partial charge < -0.3 is 13.9 Å². The molecule has 4 rings (SSSR count). The second kappa shape index (κ2) is 5.82. The number of fused-ring (bicyclic) bond motifs is 1. The van der Waals surface area contributed by atoms with Crippen molar-refractivity contribution in [3.63, 3.8) is 0 Å². The van der Waals surface area contributed by atoms with E-state index in [2.05, 4.69) is 9.55 Å². The average Bonchev–Trinajstić information content (AvgIpc) is 3.20. The lowest BCUT2D eigenvalue weighted by molar-refractivity contribution is 0.0648. The van der Waals surface area contributed by atoms with Crippen LogP contribution in [0.4, 0.5) is 0 Å². The monoisotopic (exact) mass is 323 g/mol. The van der Waals surface area contributed by atoms with Crippen LogP contribution in [0, 0.1) is 13.8 Å². The maximum absolute atomic E-state index is 12.9. The fraction of sp³-hybridized carbons (Fsp3) is 0.368. The van der Waals surface area contributed by atoms with Gasteiger partial charge in [0.1, 0.15) is 11.4 Å². The molecule has 0 aliphatic carbocycles. The second-order valence-corrected chi connectivity index (χ2v) is 6.58. The standard InChI is InChI=1S/C19H21N3O2/c1-13-5-6-17-15(10-13)11-18(24-17)19(23)21-8-3-4-16(12-21)22-9-7-20-14(22)2/h5-7,9-11,16H,3-4,8,12H2,1-2H3. The van der Waals surface area contributed by atoms with Gasteiger partial charge in [0.05, 0.1) is 6.04 Å². The SMILES string of the molecule is Cc1ccc2oc(C(=O)N3CCCC(n4ccnc4C)C3)cc2c1. The minimum atomic E-state index is -0.0219. The van der Waals surface area contributed by atoms with E-state index >= 15 is 0 Å². The minimum Gasteiger partial charge on any atom is -0.451 e. The van der Waals surface area contributed by atoms with Gasteiger partial charge in [-0.25, -0.2) is 4.98 Å². The molecular weight excluding hydrogens is 302 g/mol. The number of aryl methyl sites for hydroxylation is 2. The van der Waals surface area contributed by atoms with Crippen LogP contribution in [0.5, 0.6) is 0 Å². The van der Waals surface area contributed by atoms with Crippen molar-refractivity contribution in [1.82, 2.24) is 14.5 Å². The number of rotatable bonds is 2. The number of nitrogens with zero attached hydrogens (tertiary/aromatic N) is 3. The van der Waals surface area contributed by atoms with Gasteiger partial charge in [0.25, 0.3) is 5.91 Å². The molecule has 0 N–H and O–H groups in total. The molecule has 1 aliphatic heterocycles. The number of likely N-dealkylation sites (tertiary alicyclic amines) is 1.